The van der Waals surface area contributed by atoms with Gasteiger partial charge in [-0.25, -0.2) is 0 Å². The van der Waals surface area contributed by atoms with Crippen LogP contribution < -0.4 is 5.32 Å². The average Bonchev–Trinajstić information content (AvgIpc) is 2.89. The lowest BCUT2D eigenvalue weighted by molar-refractivity contribution is -0.136. The molecule has 0 unspecified atom stereocenters. The van der Waals surface area contributed by atoms with Gasteiger partial charge in [-0.2, -0.15) is 0 Å². The van der Waals surface area contributed by atoms with Gasteiger partial charge in [-0.1, -0.05) is 5.16 Å². The summed E-state index contributed by atoms with van der Waals surface area (Å²) >= 11 is 1.51. The Bertz CT molecular complexity index is 479. The van der Waals surface area contributed by atoms with Crippen LogP contribution in [0.15, 0.2) is 28.9 Å². The zero-order valence-corrected chi connectivity index (χ0v) is 9.87. The van der Waals surface area contributed by atoms with Gasteiger partial charge in [0.05, 0.1) is 19.2 Å². The van der Waals surface area contributed by atoms with Crippen LogP contribution in [0.4, 0.5) is 0 Å². The molecule has 0 aromatic carbocycles. The third-order valence-corrected chi connectivity index (χ3v) is 3.22. The lowest BCUT2D eigenvalue weighted by atomic mass is 10.3. The number of hydrogen-bond donors (Lipinski definition) is 2. The highest BCUT2D eigenvalue weighted by Crippen LogP contribution is 2.16. The van der Waals surface area contributed by atoms with E-state index in [-0.39, 0.29) is 6.42 Å². The summed E-state index contributed by atoms with van der Waals surface area (Å²) in [5.41, 5.74) is 0. The summed E-state index contributed by atoms with van der Waals surface area (Å²) < 4.78 is 4.94. The summed E-state index contributed by atoms with van der Waals surface area (Å²) in [4.78, 5) is 12.5. The summed E-state index contributed by atoms with van der Waals surface area (Å²) in [5, 5.41) is 15.5. The van der Waals surface area contributed by atoms with Crippen molar-refractivity contribution in [1.29, 1.82) is 0 Å². The molecule has 0 radical (unpaired) electrons. The number of aliphatic carboxylic acids is 1. The predicted octanol–water partition coefficient (Wildman–Crippen LogP) is 1.65. The molecule has 0 fully saturated rings. The van der Waals surface area contributed by atoms with Crippen molar-refractivity contribution < 1.29 is 14.4 Å². The molecule has 0 saturated heterocycles. The molecule has 0 amide bonds. The number of thiophene rings is 1. The monoisotopic (exact) mass is 252 g/mol. The smallest absolute Gasteiger partial charge is 0.308 e. The van der Waals surface area contributed by atoms with Crippen LogP contribution in [-0.4, -0.2) is 16.2 Å². The van der Waals surface area contributed by atoms with E-state index in [1.54, 1.807) is 12.3 Å². The minimum Gasteiger partial charge on any atom is -0.481 e. The standard InChI is InChI=1S/C11H12N2O3S/c14-11(15)5-9-1-2-10(17-9)7-12-6-8-3-4-13-16-8/h1-4,12H,5-7H2,(H,14,15). The summed E-state index contributed by atoms with van der Waals surface area (Å²) in [6.45, 7) is 1.32. The van der Waals surface area contributed by atoms with Crippen molar-refractivity contribution in [2.45, 2.75) is 19.5 Å². The number of carbonyl (C=O) groups is 1. The van der Waals surface area contributed by atoms with Gasteiger partial charge in [-0.15, -0.1) is 11.3 Å². The molecule has 2 rings (SSSR count). The zero-order valence-electron chi connectivity index (χ0n) is 9.05. The van der Waals surface area contributed by atoms with Gasteiger partial charge in [-0.05, 0) is 12.1 Å². The van der Waals surface area contributed by atoms with Gasteiger partial charge in [0.2, 0.25) is 0 Å². The molecule has 0 aliphatic heterocycles. The molecule has 0 atom stereocenters. The molecule has 0 aliphatic carbocycles. The van der Waals surface area contributed by atoms with Crippen LogP contribution in [0, 0.1) is 0 Å². The van der Waals surface area contributed by atoms with E-state index in [1.807, 2.05) is 12.1 Å². The molecule has 0 saturated carbocycles. The Hall–Kier alpha value is -1.66. The molecule has 2 N–H and O–H groups in total. The van der Waals surface area contributed by atoms with E-state index in [2.05, 4.69) is 10.5 Å². The molecule has 17 heavy (non-hydrogen) atoms. The van der Waals surface area contributed by atoms with E-state index >= 15 is 0 Å². The van der Waals surface area contributed by atoms with Crippen LogP contribution in [0.1, 0.15) is 15.5 Å². The largest absolute Gasteiger partial charge is 0.481 e. The fourth-order valence-electron chi connectivity index (χ4n) is 1.40. The van der Waals surface area contributed by atoms with Gasteiger partial charge in [-0.3, -0.25) is 4.79 Å². The normalized spacial score (nSPS) is 10.6. The fraction of sp³-hybridized carbons (Fsp3) is 0.273. The van der Waals surface area contributed by atoms with Crippen molar-refractivity contribution in [3.05, 3.63) is 39.9 Å². The second-order valence-corrected chi connectivity index (χ2v) is 4.77. The van der Waals surface area contributed by atoms with Crippen LogP contribution in [0.3, 0.4) is 0 Å². The fourth-order valence-corrected chi connectivity index (χ4v) is 2.38. The lowest BCUT2D eigenvalue weighted by Gasteiger charge is -1.98. The van der Waals surface area contributed by atoms with Crippen molar-refractivity contribution in [2.75, 3.05) is 0 Å². The van der Waals surface area contributed by atoms with Crippen molar-refractivity contribution in [3.63, 3.8) is 0 Å². The predicted molar refractivity (Wildman–Crippen MR) is 62.7 cm³/mol. The molecule has 6 heteroatoms. The Labute approximate surface area is 102 Å². The lowest BCUT2D eigenvalue weighted by Crippen LogP contribution is -2.10. The summed E-state index contributed by atoms with van der Waals surface area (Å²) in [6.07, 6.45) is 1.69. The van der Waals surface area contributed by atoms with Crippen LogP contribution >= 0.6 is 11.3 Å². The quantitative estimate of drug-likeness (QED) is 0.817. The molecule has 2 heterocycles. The molecule has 2 aromatic heterocycles. The second-order valence-electron chi connectivity index (χ2n) is 3.52. The van der Waals surface area contributed by atoms with Crippen LogP contribution in [0.25, 0.3) is 0 Å². The minimum atomic E-state index is -0.798. The van der Waals surface area contributed by atoms with Crippen molar-refractivity contribution in [2.24, 2.45) is 0 Å². The molecular weight excluding hydrogens is 240 g/mol. The summed E-state index contributed by atoms with van der Waals surface area (Å²) in [5.74, 6) is -0.0136. The number of nitrogens with zero attached hydrogens (tertiary/aromatic N) is 1. The Morgan fingerprint density at radius 1 is 1.35 bits per heavy atom. The Balaban J connectivity index is 1.79. The van der Waals surface area contributed by atoms with E-state index in [1.165, 1.54) is 11.3 Å². The third kappa shape index (κ3) is 3.69. The van der Waals surface area contributed by atoms with Gasteiger partial charge in [0.1, 0.15) is 5.76 Å². The number of hydrogen-bond acceptors (Lipinski definition) is 5. The van der Waals surface area contributed by atoms with Gasteiger partial charge >= 0.3 is 5.97 Å². The number of carboxylic acid groups (broad SMARTS) is 1. The number of aromatic nitrogens is 1. The molecule has 0 aliphatic rings. The highest BCUT2D eigenvalue weighted by Gasteiger charge is 2.04. The maximum absolute atomic E-state index is 10.5. The first-order valence-electron chi connectivity index (χ1n) is 5.13. The van der Waals surface area contributed by atoms with Gasteiger partial charge < -0.3 is 14.9 Å². The average molecular weight is 252 g/mol. The molecule has 0 spiro atoms. The SMILES string of the molecule is O=C(O)Cc1ccc(CNCc2ccno2)s1. The molecular formula is C11H12N2O3S. The maximum Gasteiger partial charge on any atom is 0.308 e. The highest BCUT2D eigenvalue weighted by molar-refractivity contribution is 7.12. The van der Waals surface area contributed by atoms with E-state index in [0.29, 0.717) is 13.1 Å². The minimum absolute atomic E-state index is 0.0901. The molecule has 90 valence electrons. The van der Waals surface area contributed by atoms with Crippen LogP contribution in [-0.2, 0) is 24.3 Å². The Kier molecular flexibility index (Phi) is 3.89. The zero-order chi connectivity index (χ0) is 12.1. The van der Waals surface area contributed by atoms with Crippen molar-refractivity contribution in [3.8, 4) is 0 Å². The van der Waals surface area contributed by atoms with E-state index < -0.39 is 5.97 Å². The number of nitrogens with one attached hydrogen (secondary N) is 1. The number of carboxylic acids is 1. The topological polar surface area (TPSA) is 75.4 Å². The molecule has 2 aromatic rings. The first-order valence-corrected chi connectivity index (χ1v) is 5.95. The Morgan fingerprint density at radius 2 is 2.18 bits per heavy atom. The van der Waals surface area contributed by atoms with Crippen molar-refractivity contribution in [1.82, 2.24) is 10.5 Å². The second kappa shape index (κ2) is 5.60. The molecule has 0 bridgehead atoms. The van der Waals surface area contributed by atoms with Gasteiger partial charge in [0, 0.05) is 22.4 Å². The number of rotatable bonds is 6. The van der Waals surface area contributed by atoms with Crippen molar-refractivity contribution >= 4 is 17.3 Å². The van der Waals surface area contributed by atoms with E-state index in [0.717, 1.165) is 15.5 Å². The highest BCUT2D eigenvalue weighted by atomic mass is 32.1. The Morgan fingerprint density at radius 3 is 2.88 bits per heavy atom. The van der Waals surface area contributed by atoms with Crippen LogP contribution in [0.5, 0.6) is 0 Å². The van der Waals surface area contributed by atoms with Crippen LogP contribution in [0.2, 0.25) is 0 Å². The van der Waals surface area contributed by atoms with Gasteiger partial charge in [0.25, 0.3) is 0 Å². The summed E-state index contributed by atoms with van der Waals surface area (Å²) in [6, 6.07) is 5.60. The van der Waals surface area contributed by atoms with E-state index in [4.69, 9.17) is 9.63 Å². The van der Waals surface area contributed by atoms with Gasteiger partial charge in [0.15, 0.2) is 0 Å². The molecule has 5 nitrogen and oxygen atoms in total. The first kappa shape index (κ1) is 11.8. The third-order valence-electron chi connectivity index (χ3n) is 2.13. The first-order chi connectivity index (χ1) is 8.24. The summed E-state index contributed by atoms with van der Waals surface area (Å²) in [7, 11) is 0. The van der Waals surface area contributed by atoms with E-state index in [9.17, 15) is 4.79 Å². The maximum atomic E-state index is 10.5.